The minimum Gasteiger partial charge on any atom is -0.508 e. The van der Waals surface area contributed by atoms with E-state index in [9.17, 15) is 9.90 Å². The van der Waals surface area contributed by atoms with Gasteiger partial charge in [0.05, 0.1) is 13.5 Å². The molecule has 3 nitrogen and oxygen atoms in total. The van der Waals surface area contributed by atoms with E-state index in [1.54, 1.807) is 12.1 Å². The highest BCUT2D eigenvalue weighted by atomic mass is 16.5. The summed E-state index contributed by atoms with van der Waals surface area (Å²) < 4.78 is 4.62. The average molecular weight is 208 g/mol. The SMILES string of the molecule is COC(=O)CC(C)c1ccc(O)cc1C. The molecule has 0 saturated heterocycles. The smallest absolute Gasteiger partial charge is 0.306 e. The van der Waals surface area contributed by atoms with Gasteiger partial charge in [-0.1, -0.05) is 13.0 Å². The Balaban J connectivity index is 2.82. The molecule has 15 heavy (non-hydrogen) atoms. The van der Waals surface area contributed by atoms with E-state index in [-0.39, 0.29) is 17.6 Å². The van der Waals surface area contributed by atoms with E-state index in [4.69, 9.17) is 0 Å². The standard InChI is InChI=1S/C12H16O3/c1-8-6-10(13)4-5-11(8)9(2)7-12(14)15-3/h4-6,9,13H,7H2,1-3H3. The van der Waals surface area contributed by atoms with Gasteiger partial charge in [0.1, 0.15) is 5.75 Å². The van der Waals surface area contributed by atoms with Gasteiger partial charge in [-0.2, -0.15) is 0 Å². The highest BCUT2D eigenvalue weighted by Gasteiger charge is 2.13. The first kappa shape index (κ1) is 11.6. The first-order valence-corrected chi connectivity index (χ1v) is 4.91. The van der Waals surface area contributed by atoms with Gasteiger partial charge in [-0.25, -0.2) is 0 Å². The maximum Gasteiger partial charge on any atom is 0.306 e. The molecule has 0 bridgehead atoms. The van der Waals surface area contributed by atoms with Crippen molar-refractivity contribution >= 4 is 5.97 Å². The number of carbonyl (C=O) groups is 1. The van der Waals surface area contributed by atoms with Gasteiger partial charge in [-0.15, -0.1) is 0 Å². The Morgan fingerprint density at radius 1 is 1.53 bits per heavy atom. The second-order valence-electron chi connectivity index (χ2n) is 3.72. The number of aryl methyl sites for hydroxylation is 1. The van der Waals surface area contributed by atoms with Crippen molar-refractivity contribution in [3.8, 4) is 5.75 Å². The number of hydrogen-bond acceptors (Lipinski definition) is 3. The molecule has 0 aromatic heterocycles. The molecule has 1 atom stereocenters. The van der Waals surface area contributed by atoms with Gasteiger partial charge in [0.15, 0.2) is 0 Å². The molecule has 1 N–H and O–H groups in total. The van der Waals surface area contributed by atoms with Gasteiger partial charge < -0.3 is 9.84 Å². The van der Waals surface area contributed by atoms with Crippen LogP contribution in [-0.4, -0.2) is 18.2 Å². The fourth-order valence-corrected chi connectivity index (χ4v) is 1.66. The van der Waals surface area contributed by atoms with Crippen LogP contribution in [0.25, 0.3) is 0 Å². The van der Waals surface area contributed by atoms with E-state index in [0.717, 1.165) is 11.1 Å². The van der Waals surface area contributed by atoms with Crippen molar-refractivity contribution in [1.82, 2.24) is 0 Å². The molecule has 0 aliphatic rings. The number of ether oxygens (including phenoxy) is 1. The summed E-state index contributed by atoms with van der Waals surface area (Å²) in [5.74, 6) is 0.148. The summed E-state index contributed by atoms with van der Waals surface area (Å²) in [6.07, 6.45) is 0.363. The van der Waals surface area contributed by atoms with Crippen LogP contribution in [0.15, 0.2) is 18.2 Å². The molecule has 0 fully saturated rings. The van der Waals surface area contributed by atoms with Crippen LogP contribution in [0.5, 0.6) is 5.75 Å². The summed E-state index contributed by atoms with van der Waals surface area (Å²) in [6.45, 7) is 3.89. The molecule has 1 aromatic carbocycles. The third kappa shape index (κ3) is 2.98. The number of esters is 1. The first-order valence-electron chi connectivity index (χ1n) is 4.91. The molecule has 3 heteroatoms. The summed E-state index contributed by atoms with van der Waals surface area (Å²) in [6, 6.07) is 5.18. The van der Waals surface area contributed by atoms with E-state index in [1.807, 2.05) is 19.9 Å². The third-order valence-corrected chi connectivity index (χ3v) is 2.48. The number of rotatable bonds is 3. The molecule has 0 heterocycles. The average Bonchev–Trinajstić information content (AvgIpc) is 2.17. The summed E-state index contributed by atoms with van der Waals surface area (Å²) in [4.78, 5) is 11.1. The molecule has 0 spiro atoms. The fraction of sp³-hybridized carbons (Fsp3) is 0.417. The van der Waals surface area contributed by atoms with Crippen LogP contribution >= 0.6 is 0 Å². The number of methoxy groups -OCH3 is 1. The second kappa shape index (κ2) is 4.82. The van der Waals surface area contributed by atoms with Crippen molar-refractivity contribution in [3.05, 3.63) is 29.3 Å². The highest BCUT2D eigenvalue weighted by Crippen LogP contribution is 2.25. The predicted octanol–water partition coefficient (Wildman–Crippen LogP) is 2.37. The lowest BCUT2D eigenvalue weighted by Crippen LogP contribution is -2.06. The first-order chi connectivity index (χ1) is 7.04. The van der Waals surface area contributed by atoms with Crippen molar-refractivity contribution in [2.75, 3.05) is 7.11 Å². The van der Waals surface area contributed by atoms with Gasteiger partial charge in [0.2, 0.25) is 0 Å². The van der Waals surface area contributed by atoms with E-state index >= 15 is 0 Å². The zero-order chi connectivity index (χ0) is 11.4. The summed E-state index contributed by atoms with van der Waals surface area (Å²) in [5.41, 5.74) is 2.06. The van der Waals surface area contributed by atoms with Crippen LogP contribution in [0.2, 0.25) is 0 Å². The quantitative estimate of drug-likeness (QED) is 0.776. The predicted molar refractivity (Wildman–Crippen MR) is 57.9 cm³/mol. The van der Waals surface area contributed by atoms with Crippen molar-refractivity contribution < 1.29 is 14.6 Å². The van der Waals surface area contributed by atoms with Crippen molar-refractivity contribution in [3.63, 3.8) is 0 Å². The number of carbonyl (C=O) groups excluding carboxylic acids is 1. The van der Waals surface area contributed by atoms with Crippen molar-refractivity contribution in [1.29, 1.82) is 0 Å². The highest BCUT2D eigenvalue weighted by molar-refractivity contribution is 5.70. The van der Waals surface area contributed by atoms with Crippen LogP contribution in [-0.2, 0) is 9.53 Å². The molecule has 82 valence electrons. The minimum atomic E-state index is -0.213. The van der Waals surface area contributed by atoms with Gasteiger partial charge in [-0.05, 0) is 36.1 Å². The molecule has 0 aliphatic carbocycles. The molecule has 1 aromatic rings. The van der Waals surface area contributed by atoms with Crippen LogP contribution < -0.4 is 0 Å². The van der Waals surface area contributed by atoms with Gasteiger partial charge in [0.25, 0.3) is 0 Å². The van der Waals surface area contributed by atoms with E-state index in [2.05, 4.69) is 4.74 Å². The molecule has 1 rings (SSSR count). The number of hydrogen-bond donors (Lipinski definition) is 1. The summed E-state index contributed by atoms with van der Waals surface area (Å²) in [7, 11) is 1.39. The maximum atomic E-state index is 11.1. The Labute approximate surface area is 89.7 Å². The number of aromatic hydroxyl groups is 1. The van der Waals surface area contributed by atoms with Crippen LogP contribution in [0, 0.1) is 6.92 Å². The molecule has 0 radical (unpaired) electrons. The van der Waals surface area contributed by atoms with Gasteiger partial charge >= 0.3 is 5.97 Å². The Bertz CT molecular complexity index is 358. The Morgan fingerprint density at radius 3 is 2.73 bits per heavy atom. The number of phenols is 1. The topological polar surface area (TPSA) is 46.5 Å². The Morgan fingerprint density at radius 2 is 2.20 bits per heavy atom. The maximum absolute atomic E-state index is 11.1. The lowest BCUT2D eigenvalue weighted by molar-refractivity contribution is -0.140. The van der Waals surface area contributed by atoms with Crippen LogP contribution in [0.1, 0.15) is 30.4 Å². The fourth-order valence-electron chi connectivity index (χ4n) is 1.66. The monoisotopic (exact) mass is 208 g/mol. The normalized spacial score (nSPS) is 12.2. The Kier molecular flexibility index (Phi) is 3.72. The molecule has 0 aliphatic heterocycles. The molecule has 0 amide bonds. The number of phenolic OH excluding ortho intramolecular Hbond substituents is 1. The zero-order valence-electron chi connectivity index (χ0n) is 9.28. The second-order valence-corrected chi connectivity index (χ2v) is 3.72. The molecular formula is C12H16O3. The zero-order valence-corrected chi connectivity index (χ0v) is 9.28. The van der Waals surface area contributed by atoms with Crippen molar-refractivity contribution in [2.45, 2.75) is 26.2 Å². The van der Waals surface area contributed by atoms with E-state index in [1.165, 1.54) is 7.11 Å². The van der Waals surface area contributed by atoms with Crippen LogP contribution in [0.3, 0.4) is 0 Å². The Hall–Kier alpha value is -1.51. The molecule has 0 saturated carbocycles. The van der Waals surface area contributed by atoms with Crippen molar-refractivity contribution in [2.24, 2.45) is 0 Å². The molecular weight excluding hydrogens is 192 g/mol. The lowest BCUT2D eigenvalue weighted by atomic mass is 9.94. The summed E-state index contributed by atoms with van der Waals surface area (Å²) in [5, 5.41) is 9.26. The van der Waals surface area contributed by atoms with Gasteiger partial charge in [-0.3, -0.25) is 4.79 Å². The van der Waals surface area contributed by atoms with E-state index < -0.39 is 0 Å². The molecule has 1 unspecified atom stereocenters. The minimum absolute atomic E-state index is 0.109. The summed E-state index contributed by atoms with van der Waals surface area (Å²) >= 11 is 0. The largest absolute Gasteiger partial charge is 0.508 e. The van der Waals surface area contributed by atoms with Crippen LogP contribution in [0.4, 0.5) is 0 Å². The third-order valence-electron chi connectivity index (χ3n) is 2.48. The van der Waals surface area contributed by atoms with Gasteiger partial charge in [0, 0.05) is 0 Å². The lowest BCUT2D eigenvalue weighted by Gasteiger charge is -2.13. The van der Waals surface area contributed by atoms with E-state index in [0.29, 0.717) is 6.42 Å². The number of benzene rings is 1.